The van der Waals surface area contributed by atoms with Crippen molar-refractivity contribution in [2.75, 3.05) is 33.5 Å². The Kier molecular flexibility index (Phi) is 7.67. The zero-order valence-electron chi connectivity index (χ0n) is 11.8. The van der Waals surface area contributed by atoms with Crippen LogP contribution in [0.1, 0.15) is 6.42 Å². The molecule has 0 fully saturated rings. The fourth-order valence-corrected chi connectivity index (χ4v) is 1.44. The van der Waals surface area contributed by atoms with Gasteiger partial charge in [0.1, 0.15) is 18.1 Å². The first-order valence-electron chi connectivity index (χ1n) is 6.45. The molecule has 21 heavy (non-hydrogen) atoms. The Bertz CT molecular complexity index is 445. The van der Waals surface area contributed by atoms with E-state index in [1.54, 1.807) is 31.4 Å². The van der Waals surface area contributed by atoms with Crippen LogP contribution in [0.3, 0.4) is 0 Å². The van der Waals surface area contributed by atoms with E-state index >= 15 is 0 Å². The zero-order valence-corrected chi connectivity index (χ0v) is 11.8. The Morgan fingerprint density at radius 1 is 1.14 bits per heavy atom. The summed E-state index contributed by atoms with van der Waals surface area (Å²) in [5, 5.41) is 10.9. The van der Waals surface area contributed by atoms with Gasteiger partial charge in [-0.3, -0.25) is 4.79 Å². The predicted octanol–water partition coefficient (Wildman–Crippen LogP) is 0.681. The highest BCUT2D eigenvalue weighted by Gasteiger charge is 2.02. The SMILES string of the molecule is COc1ccc(OCCC(=O)NCCOCC(=O)O)cc1. The summed E-state index contributed by atoms with van der Waals surface area (Å²) in [7, 11) is 1.58. The molecular formula is C14H19NO6. The summed E-state index contributed by atoms with van der Waals surface area (Å²) >= 11 is 0. The summed E-state index contributed by atoms with van der Waals surface area (Å²) in [4.78, 5) is 21.6. The number of carboxylic acids is 1. The van der Waals surface area contributed by atoms with Gasteiger partial charge in [0.25, 0.3) is 0 Å². The largest absolute Gasteiger partial charge is 0.497 e. The van der Waals surface area contributed by atoms with Crippen LogP contribution < -0.4 is 14.8 Å². The van der Waals surface area contributed by atoms with E-state index in [0.717, 1.165) is 5.75 Å². The lowest BCUT2D eigenvalue weighted by Crippen LogP contribution is -2.29. The van der Waals surface area contributed by atoms with Crippen LogP contribution in [0.2, 0.25) is 0 Å². The van der Waals surface area contributed by atoms with E-state index in [2.05, 4.69) is 5.32 Å². The molecule has 0 radical (unpaired) electrons. The molecule has 116 valence electrons. The number of nitrogens with one attached hydrogen (secondary N) is 1. The average Bonchev–Trinajstić information content (AvgIpc) is 2.47. The van der Waals surface area contributed by atoms with Gasteiger partial charge < -0.3 is 24.6 Å². The van der Waals surface area contributed by atoms with E-state index in [1.807, 2.05) is 0 Å². The van der Waals surface area contributed by atoms with Gasteiger partial charge in [-0.2, -0.15) is 0 Å². The quantitative estimate of drug-likeness (QED) is 0.617. The summed E-state index contributed by atoms with van der Waals surface area (Å²) in [6.07, 6.45) is 0.213. The summed E-state index contributed by atoms with van der Waals surface area (Å²) in [5.74, 6) is 0.187. The van der Waals surface area contributed by atoms with Crippen molar-refractivity contribution in [2.45, 2.75) is 6.42 Å². The minimum atomic E-state index is -1.03. The van der Waals surface area contributed by atoms with Gasteiger partial charge in [-0.15, -0.1) is 0 Å². The van der Waals surface area contributed by atoms with Crippen LogP contribution in [0.15, 0.2) is 24.3 Å². The summed E-state index contributed by atoms with van der Waals surface area (Å²) in [6.45, 7) is 0.330. The molecule has 1 amide bonds. The van der Waals surface area contributed by atoms with Gasteiger partial charge in [0, 0.05) is 6.54 Å². The first kappa shape index (κ1) is 16.8. The highest BCUT2D eigenvalue weighted by atomic mass is 16.5. The van der Waals surface area contributed by atoms with Crippen molar-refractivity contribution >= 4 is 11.9 Å². The molecule has 0 saturated carbocycles. The molecule has 0 aliphatic heterocycles. The van der Waals surface area contributed by atoms with Crippen molar-refractivity contribution in [1.82, 2.24) is 5.32 Å². The fraction of sp³-hybridized carbons (Fsp3) is 0.429. The van der Waals surface area contributed by atoms with E-state index in [9.17, 15) is 9.59 Å². The zero-order chi connectivity index (χ0) is 15.5. The molecular weight excluding hydrogens is 278 g/mol. The minimum Gasteiger partial charge on any atom is -0.497 e. The van der Waals surface area contributed by atoms with E-state index < -0.39 is 5.97 Å². The number of ether oxygens (including phenoxy) is 3. The predicted molar refractivity (Wildman–Crippen MR) is 74.6 cm³/mol. The van der Waals surface area contributed by atoms with Gasteiger partial charge >= 0.3 is 5.97 Å². The second kappa shape index (κ2) is 9.60. The summed E-state index contributed by atoms with van der Waals surface area (Å²) in [5.41, 5.74) is 0. The molecule has 0 aliphatic carbocycles. The molecule has 0 aromatic heterocycles. The van der Waals surface area contributed by atoms with Crippen LogP contribution in [0.5, 0.6) is 11.5 Å². The molecule has 0 saturated heterocycles. The average molecular weight is 297 g/mol. The molecule has 0 spiro atoms. The third kappa shape index (κ3) is 7.78. The number of hydrogen-bond acceptors (Lipinski definition) is 5. The monoisotopic (exact) mass is 297 g/mol. The molecule has 0 heterocycles. The third-order valence-electron chi connectivity index (χ3n) is 2.45. The minimum absolute atomic E-state index is 0.164. The van der Waals surface area contributed by atoms with Crippen molar-refractivity contribution in [3.8, 4) is 11.5 Å². The molecule has 0 atom stereocenters. The lowest BCUT2D eigenvalue weighted by molar-refractivity contribution is -0.142. The maximum atomic E-state index is 11.4. The molecule has 7 nitrogen and oxygen atoms in total. The smallest absolute Gasteiger partial charge is 0.329 e. The Hall–Kier alpha value is -2.28. The Morgan fingerprint density at radius 3 is 2.43 bits per heavy atom. The normalized spacial score (nSPS) is 9.95. The highest BCUT2D eigenvalue weighted by molar-refractivity contribution is 5.75. The number of carbonyl (C=O) groups excluding carboxylic acids is 1. The number of benzene rings is 1. The number of methoxy groups -OCH3 is 1. The van der Waals surface area contributed by atoms with Gasteiger partial charge in [-0.25, -0.2) is 4.79 Å². The van der Waals surface area contributed by atoms with Crippen molar-refractivity contribution in [1.29, 1.82) is 0 Å². The van der Waals surface area contributed by atoms with Crippen molar-refractivity contribution in [2.24, 2.45) is 0 Å². The molecule has 0 unspecified atom stereocenters. The molecule has 7 heteroatoms. The standard InChI is InChI=1S/C14H19NO6/c1-19-11-2-4-12(5-3-11)21-8-6-13(16)15-7-9-20-10-14(17)18/h2-5H,6-10H2,1H3,(H,15,16)(H,17,18). The number of hydrogen-bond donors (Lipinski definition) is 2. The Balaban J connectivity index is 2.08. The van der Waals surface area contributed by atoms with E-state index in [-0.39, 0.29) is 38.7 Å². The third-order valence-corrected chi connectivity index (χ3v) is 2.45. The second-order valence-electron chi connectivity index (χ2n) is 4.07. The van der Waals surface area contributed by atoms with E-state index in [1.165, 1.54) is 0 Å². The van der Waals surface area contributed by atoms with Crippen LogP contribution in [0.4, 0.5) is 0 Å². The highest BCUT2D eigenvalue weighted by Crippen LogP contribution is 2.16. The van der Waals surface area contributed by atoms with E-state index in [4.69, 9.17) is 19.3 Å². The number of carboxylic acid groups (broad SMARTS) is 1. The first-order valence-corrected chi connectivity index (χ1v) is 6.45. The van der Waals surface area contributed by atoms with Gasteiger partial charge in [0.2, 0.25) is 5.91 Å². The molecule has 0 bridgehead atoms. The van der Waals surface area contributed by atoms with Crippen molar-refractivity contribution in [3.05, 3.63) is 24.3 Å². The Labute approximate surface area is 122 Å². The summed E-state index contributed by atoms with van der Waals surface area (Å²) in [6, 6.07) is 7.07. The van der Waals surface area contributed by atoms with Crippen molar-refractivity contribution in [3.63, 3.8) is 0 Å². The van der Waals surface area contributed by atoms with Crippen LogP contribution in [0.25, 0.3) is 0 Å². The number of aliphatic carboxylic acids is 1. The topological polar surface area (TPSA) is 94.1 Å². The number of rotatable bonds is 10. The second-order valence-corrected chi connectivity index (χ2v) is 4.07. The van der Waals surface area contributed by atoms with Crippen LogP contribution >= 0.6 is 0 Å². The lowest BCUT2D eigenvalue weighted by Gasteiger charge is -2.08. The summed E-state index contributed by atoms with van der Waals surface area (Å²) < 4.78 is 15.2. The molecule has 1 rings (SSSR count). The lowest BCUT2D eigenvalue weighted by atomic mass is 10.3. The molecule has 0 aliphatic rings. The maximum absolute atomic E-state index is 11.4. The van der Waals surface area contributed by atoms with Crippen molar-refractivity contribution < 1.29 is 28.9 Å². The van der Waals surface area contributed by atoms with Gasteiger partial charge in [0.05, 0.1) is 26.7 Å². The first-order chi connectivity index (χ1) is 10.1. The van der Waals surface area contributed by atoms with Crippen LogP contribution in [-0.2, 0) is 14.3 Å². The van der Waals surface area contributed by atoms with Crippen LogP contribution in [0, 0.1) is 0 Å². The molecule has 1 aromatic carbocycles. The fourth-order valence-electron chi connectivity index (χ4n) is 1.44. The number of carbonyl (C=O) groups is 2. The molecule has 1 aromatic rings. The van der Waals surface area contributed by atoms with Gasteiger partial charge in [-0.1, -0.05) is 0 Å². The van der Waals surface area contributed by atoms with Gasteiger partial charge in [-0.05, 0) is 24.3 Å². The van der Waals surface area contributed by atoms with Gasteiger partial charge in [0.15, 0.2) is 0 Å². The maximum Gasteiger partial charge on any atom is 0.329 e. The van der Waals surface area contributed by atoms with Crippen LogP contribution in [-0.4, -0.2) is 50.5 Å². The van der Waals surface area contributed by atoms with E-state index in [0.29, 0.717) is 5.75 Å². The molecule has 2 N–H and O–H groups in total. The number of amides is 1. The Morgan fingerprint density at radius 2 is 1.81 bits per heavy atom.